The van der Waals surface area contributed by atoms with Crippen molar-refractivity contribution in [3.05, 3.63) is 59.9 Å². The van der Waals surface area contributed by atoms with Crippen molar-refractivity contribution in [2.24, 2.45) is 11.8 Å². The quantitative estimate of drug-likeness (QED) is 0.704. The molecule has 2 amide bonds. The van der Waals surface area contributed by atoms with Gasteiger partial charge >= 0.3 is 6.09 Å². The molecule has 2 aliphatic rings. The van der Waals surface area contributed by atoms with E-state index in [1.54, 1.807) is 45.2 Å². The Bertz CT molecular complexity index is 1150. The fourth-order valence-corrected chi connectivity index (χ4v) is 4.99. The number of hydrogen-bond acceptors (Lipinski definition) is 6. The van der Waals surface area contributed by atoms with Gasteiger partial charge in [0.25, 0.3) is 0 Å². The van der Waals surface area contributed by atoms with Crippen LogP contribution in [-0.2, 0) is 26.2 Å². The molecular weight excluding hydrogens is 432 g/mol. The van der Waals surface area contributed by atoms with Crippen LogP contribution in [0, 0.1) is 23.2 Å². The molecule has 1 unspecified atom stereocenters. The third-order valence-electron chi connectivity index (χ3n) is 6.45. The molecule has 2 N–H and O–H groups in total. The van der Waals surface area contributed by atoms with Crippen LogP contribution in [0.4, 0.5) is 10.5 Å². The summed E-state index contributed by atoms with van der Waals surface area (Å²) in [5.74, 6) is -1.86. The van der Waals surface area contributed by atoms with E-state index in [0.717, 1.165) is 5.56 Å². The SMILES string of the molecule is CC(C)(C)OC(=O)N[C@@H](Cc1ccccn1)C(=O)C1C[C@]2(C[C@H]1C#N)C(=O)Nc1ccccc12. The number of aromatic nitrogens is 1. The standard InChI is InChI=1S/C26H28N4O4/c1-25(2,3)34-24(33)30-21(12-17-8-6-7-11-28-17)22(31)18-14-26(13-16(18)15-27)19-9-4-5-10-20(19)29-23(26)32/h4-11,16,18,21H,12-14H2,1-3H3,(H,29,32)(H,30,33)/t16-,18?,21-,26-/m0/s1. The maximum Gasteiger partial charge on any atom is 0.408 e. The lowest BCUT2D eigenvalue weighted by Crippen LogP contribution is -2.47. The van der Waals surface area contributed by atoms with Gasteiger partial charge in [-0.05, 0) is 57.4 Å². The fraction of sp³-hybridized carbons (Fsp3) is 0.423. The Labute approximate surface area is 198 Å². The van der Waals surface area contributed by atoms with Crippen LogP contribution in [-0.4, -0.2) is 34.4 Å². The number of nitrogens with one attached hydrogen (secondary N) is 2. The first-order chi connectivity index (χ1) is 16.1. The maximum absolute atomic E-state index is 13.8. The highest BCUT2D eigenvalue weighted by Gasteiger charge is 2.57. The molecule has 176 valence electrons. The van der Waals surface area contributed by atoms with Gasteiger partial charge in [0, 0.05) is 29.9 Å². The minimum atomic E-state index is -0.944. The first-order valence-electron chi connectivity index (χ1n) is 11.4. The molecule has 1 spiro atoms. The minimum absolute atomic E-state index is 0.156. The number of nitriles is 1. The molecule has 2 aromatic rings. The largest absolute Gasteiger partial charge is 0.444 e. The average Bonchev–Trinajstić information content (AvgIpc) is 3.31. The van der Waals surface area contributed by atoms with Gasteiger partial charge in [0.2, 0.25) is 5.91 Å². The van der Waals surface area contributed by atoms with Crippen molar-refractivity contribution in [2.75, 3.05) is 5.32 Å². The van der Waals surface area contributed by atoms with E-state index in [-0.39, 0.29) is 31.0 Å². The van der Waals surface area contributed by atoms with E-state index in [4.69, 9.17) is 4.74 Å². The van der Waals surface area contributed by atoms with Crippen LogP contribution in [0.1, 0.15) is 44.9 Å². The number of Topliss-reactive ketones (excluding diaryl/α,β-unsaturated/α-hetero) is 1. The van der Waals surface area contributed by atoms with E-state index in [9.17, 15) is 19.6 Å². The normalized spacial score (nSPS) is 24.1. The Balaban J connectivity index is 1.63. The zero-order valence-electron chi connectivity index (χ0n) is 19.5. The van der Waals surface area contributed by atoms with Crippen molar-refractivity contribution < 1.29 is 19.1 Å². The molecule has 4 atom stereocenters. The monoisotopic (exact) mass is 460 g/mol. The highest BCUT2D eigenvalue weighted by Crippen LogP contribution is 2.53. The average molecular weight is 461 g/mol. The summed E-state index contributed by atoms with van der Waals surface area (Å²) in [6, 6.07) is 14.0. The number of ether oxygens (including phenoxy) is 1. The van der Waals surface area contributed by atoms with Crippen LogP contribution in [0.5, 0.6) is 0 Å². The third-order valence-corrected chi connectivity index (χ3v) is 6.45. The van der Waals surface area contributed by atoms with Crippen LogP contribution < -0.4 is 10.6 Å². The van der Waals surface area contributed by atoms with E-state index < -0.39 is 35.0 Å². The molecule has 1 fully saturated rings. The number of nitrogens with zero attached hydrogens (tertiary/aromatic N) is 2. The lowest BCUT2D eigenvalue weighted by Gasteiger charge is -2.25. The van der Waals surface area contributed by atoms with Gasteiger partial charge in [-0.15, -0.1) is 0 Å². The zero-order chi connectivity index (χ0) is 24.5. The number of carbonyl (C=O) groups is 3. The van der Waals surface area contributed by atoms with Crippen molar-refractivity contribution in [1.29, 1.82) is 5.26 Å². The first-order valence-corrected chi connectivity index (χ1v) is 11.4. The molecule has 0 bridgehead atoms. The van der Waals surface area contributed by atoms with Crippen LogP contribution in [0.2, 0.25) is 0 Å². The Morgan fingerprint density at radius 2 is 1.97 bits per heavy atom. The lowest BCUT2D eigenvalue weighted by molar-refractivity contribution is -0.125. The topological polar surface area (TPSA) is 121 Å². The van der Waals surface area contributed by atoms with Crippen LogP contribution >= 0.6 is 0 Å². The number of amides is 2. The maximum atomic E-state index is 13.8. The second kappa shape index (κ2) is 8.90. The summed E-state index contributed by atoms with van der Waals surface area (Å²) in [7, 11) is 0. The number of ketones is 1. The van der Waals surface area contributed by atoms with Gasteiger partial charge < -0.3 is 15.4 Å². The number of pyridine rings is 1. The molecule has 1 aromatic carbocycles. The summed E-state index contributed by atoms with van der Waals surface area (Å²) in [4.78, 5) is 43.7. The summed E-state index contributed by atoms with van der Waals surface area (Å²) in [6.07, 6.45) is 1.52. The number of hydrogen-bond donors (Lipinski definition) is 2. The molecule has 0 saturated heterocycles. The molecule has 2 heterocycles. The summed E-state index contributed by atoms with van der Waals surface area (Å²) < 4.78 is 5.38. The number of fused-ring (bicyclic) bond motifs is 2. The van der Waals surface area contributed by atoms with Gasteiger partial charge in [-0.3, -0.25) is 14.6 Å². The zero-order valence-corrected chi connectivity index (χ0v) is 19.5. The molecule has 1 saturated carbocycles. The van der Waals surface area contributed by atoms with Gasteiger partial charge in [-0.25, -0.2) is 4.79 Å². The van der Waals surface area contributed by atoms with Crippen molar-refractivity contribution in [2.45, 2.75) is 57.1 Å². The molecule has 1 aliphatic heterocycles. The molecule has 0 radical (unpaired) electrons. The van der Waals surface area contributed by atoms with Crippen LogP contribution in [0.25, 0.3) is 0 Å². The predicted molar refractivity (Wildman–Crippen MR) is 125 cm³/mol. The smallest absolute Gasteiger partial charge is 0.408 e. The molecule has 1 aromatic heterocycles. The number of para-hydroxylation sites is 1. The second-order valence-corrected chi connectivity index (χ2v) is 9.96. The van der Waals surface area contributed by atoms with Gasteiger partial charge in [-0.1, -0.05) is 24.3 Å². The predicted octanol–water partition coefficient (Wildman–Crippen LogP) is 3.53. The number of carbonyl (C=O) groups excluding carboxylic acids is 3. The molecule has 8 heteroatoms. The summed E-state index contributed by atoms with van der Waals surface area (Å²) in [6.45, 7) is 5.22. The highest BCUT2D eigenvalue weighted by molar-refractivity contribution is 6.07. The van der Waals surface area contributed by atoms with Gasteiger partial charge in [0.05, 0.1) is 23.4 Å². The molecule has 4 rings (SSSR count). The summed E-state index contributed by atoms with van der Waals surface area (Å²) in [5, 5.41) is 15.5. The minimum Gasteiger partial charge on any atom is -0.444 e. The number of benzene rings is 1. The molecule has 1 aliphatic carbocycles. The molecule has 34 heavy (non-hydrogen) atoms. The number of anilines is 1. The summed E-state index contributed by atoms with van der Waals surface area (Å²) in [5.41, 5.74) is 0.493. The van der Waals surface area contributed by atoms with Crippen molar-refractivity contribution >= 4 is 23.5 Å². The fourth-order valence-electron chi connectivity index (χ4n) is 4.99. The number of rotatable bonds is 5. The van der Waals surface area contributed by atoms with Crippen LogP contribution in [0.15, 0.2) is 48.7 Å². The Kier molecular flexibility index (Phi) is 6.13. The van der Waals surface area contributed by atoms with E-state index in [1.807, 2.05) is 24.3 Å². The molecular formula is C26H28N4O4. The molecule has 8 nitrogen and oxygen atoms in total. The van der Waals surface area contributed by atoms with Crippen molar-refractivity contribution in [3.63, 3.8) is 0 Å². The van der Waals surface area contributed by atoms with Crippen molar-refractivity contribution in [3.8, 4) is 6.07 Å². The Hall–Kier alpha value is -3.73. The van der Waals surface area contributed by atoms with Crippen molar-refractivity contribution in [1.82, 2.24) is 10.3 Å². The van der Waals surface area contributed by atoms with Crippen LogP contribution in [0.3, 0.4) is 0 Å². The Morgan fingerprint density at radius 3 is 2.65 bits per heavy atom. The number of alkyl carbamates (subject to hydrolysis) is 1. The van der Waals surface area contributed by atoms with E-state index >= 15 is 0 Å². The second-order valence-electron chi connectivity index (χ2n) is 9.96. The van der Waals surface area contributed by atoms with E-state index in [2.05, 4.69) is 21.7 Å². The summed E-state index contributed by atoms with van der Waals surface area (Å²) >= 11 is 0. The third kappa shape index (κ3) is 4.51. The Morgan fingerprint density at radius 1 is 1.24 bits per heavy atom. The lowest BCUT2D eigenvalue weighted by atomic mass is 9.78. The van der Waals surface area contributed by atoms with Gasteiger partial charge in [0.15, 0.2) is 5.78 Å². The van der Waals surface area contributed by atoms with E-state index in [1.165, 1.54) is 0 Å². The first kappa shape index (κ1) is 23.4. The van der Waals surface area contributed by atoms with Gasteiger partial charge in [-0.2, -0.15) is 5.26 Å². The highest BCUT2D eigenvalue weighted by atomic mass is 16.6. The van der Waals surface area contributed by atoms with Gasteiger partial charge in [0.1, 0.15) is 5.60 Å². The van der Waals surface area contributed by atoms with E-state index in [0.29, 0.717) is 11.4 Å².